The van der Waals surface area contributed by atoms with Crippen molar-refractivity contribution in [2.24, 2.45) is 0 Å². The molecule has 1 atom stereocenters. The quantitative estimate of drug-likeness (QED) is 0.112. The number of rotatable bonds is 17. The maximum atomic E-state index is 13.3. The molecule has 6 amide bonds. The number of carbonyl (C=O) groups is 7. The van der Waals surface area contributed by atoms with Crippen molar-refractivity contribution in [2.45, 2.75) is 109 Å². The second kappa shape index (κ2) is 17.7. The highest BCUT2D eigenvalue weighted by molar-refractivity contribution is 6.25. The van der Waals surface area contributed by atoms with E-state index in [0.717, 1.165) is 43.4 Å². The molecule has 2 aromatic carbocycles. The molecule has 2 heterocycles. The summed E-state index contributed by atoms with van der Waals surface area (Å²) in [4.78, 5) is 89.7. The maximum absolute atomic E-state index is 13.3. The van der Waals surface area contributed by atoms with Gasteiger partial charge in [0.05, 0.1) is 11.1 Å². The average molecular weight is 704 g/mol. The van der Waals surface area contributed by atoms with Crippen LogP contribution in [0.2, 0.25) is 0 Å². The van der Waals surface area contributed by atoms with Gasteiger partial charge < -0.3 is 20.3 Å². The minimum atomic E-state index is -1.02. The van der Waals surface area contributed by atoms with E-state index in [2.05, 4.69) is 16.0 Å². The van der Waals surface area contributed by atoms with E-state index >= 15 is 0 Å². The monoisotopic (exact) mass is 703 g/mol. The van der Waals surface area contributed by atoms with Crippen molar-refractivity contribution >= 4 is 58.5 Å². The summed E-state index contributed by atoms with van der Waals surface area (Å²) in [5.74, 6) is -2.50. The van der Waals surface area contributed by atoms with Crippen LogP contribution >= 0.6 is 0 Å². The molecule has 0 aliphatic carbocycles. The van der Waals surface area contributed by atoms with E-state index in [9.17, 15) is 33.6 Å². The third kappa shape index (κ3) is 11.0. The summed E-state index contributed by atoms with van der Waals surface area (Å²) < 4.78 is 5.31. The molecule has 13 nitrogen and oxygen atoms in total. The molecule has 0 spiro atoms. The number of imide groups is 2. The van der Waals surface area contributed by atoms with E-state index in [-0.39, 0.29) is 41.8 Å². The fourth-order valence-electron chi connectivity index (χ4n) is 6.07. The van der Waals surface area contributed by atoms with Crippen LogP contribution in [-0.4, -0.2) is 71.5 Å². The van der Waals surface area contributed by atoms with Crippen molar-refractivity contribution in [1.29, 1.82) is 0 Å². The Morgan fingerprint density at radius 3 is 2.22 bits per heavy atom. The minimum absolute atomic E-state index is 0.0371. The molecule has 2 aromatic rings. The second-order valence-electron chi connectivity index (χ2n) is 14.0. The highest BCUT2D eigenvalue weighted by atomic mass is 16.6. The van der Waals surface area contributed by atoms with Crippen LogP contribution in [0.15, 0.2) is 42.5 Å². The van der Waals surface area contributed by atoms with E-state index in [1.54, 1.807) is 54.4 Å². The van der Waals surface area contributed by atoms with Crippen LogP contribution in [-0.2, 0) is 28.7 Å². The summed E-state index contributed by atoms with van der Waals surface area (Å²) in [7, 11) is 1.71. The lowest BCUT2D eigenvalue weighted by atomic mass is 10.0. The molecule has 4 rings (SSSR count). The smallest absolute Gasteiger partial charge is 0.306 e. The Hall–Kier alpha value is -5.07. The van der Waals surface area contributed by atoms with Gasteiger partial charge in [0.15, 0.2) is 0 Å². The number of amides is 6. The fourth-order valence-corrected chi connectivity index (χ4v) is 6.07. The Labute approximate surface area is 298 Å². The summed E-state index contributed by atoms with van der Waals surface area (Å²) in [6, 6.07) is 11.1. The van der Waals surface area contributed by atoms with Crippen molar-refractivity contribution in [1.82, 2.24) is 10.2 Å². The van der Waals surface area contributed by atoms with Gasteiger partial charge >= 0.3 is 5.97 Å². The largest absolute Gasteiger partial charge is 0.460 e. The van der Waals surface area contributed by atoms with Crippen molar-refractivity contribution < 1.29 is 38.3 Å². The normalized spacial score (nSPS) is 15.7. The Bertz CT molecular complexity index is 1630. The van der Waals surface area contributed by atoms with E-state index in [1.165, 1.54) is 0 Å². The minimum Gasteiger partial charge on any atom is -0.460 e. The molecule has 1 fully saturated rings. The molecule has 51 heavy (non-hydrogen) atoms. The molecule has 1 saturated heterocycles. The molecule has 3 N–H and O–H groups in total. The van der Waals surface area contributed by atoms with Crippen LogP contribution in [0.4, 0.5) is 17.1 Å². The zero-order valence-corrected chi connectivity index (χ0v) is 30.0. The summed E-state index contributed by atoms with van der Waals surface area (Å²) in [6.45, 7) is 6.06. The molecule has 274 valence electrons. The predicted octanol–water partition coefficient (Wildman–Crippen LogP) is 5.34. The standard InChI is InChI=1S/C38H49N5O8/c1-38(2,3)51-33(47)17-10-6-5-8-15-30(44)40-25-18-20-26(21-19-25)42(4)32(46)16-9-7-11-24-39-28-14-12-13-27-34(28)37(50)43(36(27)49)29-22-23-31(45)41-35(29)48/h12-14,18-21,29,39H,5-11,15-17,22-24H2,1-4H3,(H,40,44)(H,41,45,48). The number of carbonyl (C=O) groups excluding carboxylic acids is 7. The number of hydrogen-bond acceptors (Lipinski definition) is 9. The highest BCUT2D eigenvalue weighted by Crippen LogP contribution is 2.32. The molecule has 2 aliphatic heterocycles. The Kier molecular flexibility index (Phi) is 13.5. The third-order valence-electron chi connectivity index (χ3n) is 8.72. The van der Waals surface area contributed by atoms with Gasteiger partial charge in [-0.1, -0.05) is 25.3 Å². The lowest BCUT2D eigenvalue weighted by molar-refractivity contribution is -0.155. The van der Waals surface area contributed by atoms with Gasteiger partial charge in [-0.15, -0.1) is 0 Å². The van der Waals surface area contributed by atoms with Gasteiger partial charge in [-0.3, -0.25) is 43.8 Å². The van der Waals surface area contributed by atoms with Crippen molar-refractivity contribution in [3.63, 3.8) is 0 Å². The van der Waals surface area contributed by atoms with E-state index < -0.39 is 35.3 Å². The van der Waals surface area contributed by atoms with E-state index in [1.807, 2.05) is 20.8 Å². The molecule has 0 aromatic heterocycles. The van der Waals surface area contributed by atoms with Crippen LogP contribution in [0, 0.1) is 0 Å². The third-order valence-corrected chi connectivity index (χ3v) is 8.72. The number of unbranched alkanes of at least 4 members (excludes halogenated alkanes) is 5. The summed E-state index contributed by atoms with van der Waals surface area (Å²) in [5, 5.41) is 8.32. The zero-order chi connectivity index (χ0) is 37.1. The number of anilines is 3. The van der Waals surface area contributed by atoms with Gasteiger partial charge in [0.1, 0.15) is 11.6 Å². The first-order valence-corrected chi connectivity index (χ1v) is 17.7. The average Bonchev–Trinajstić information content (AvgIpc) is 3.32. The SMILES string of the molecule is CN(C(=O)CCCCCNc1cccc2c1C(=O)N(C1CCC(=O)NC1=O)C2=O)c1ccc(NC(=O)CCCCCCC(=O)OC(C)(C)C)cc1. The summed E-state index contributed by atoms with van der Waals surface area (Å²) in [6.07, 6.45) is 6.58. The van der Waals surface area contributed by atoms with E-state index in [4.69, 9.17) is 4.74 Å². The molecule has 0 bridgehead atoms. The van der Waals surface area contributed by atoms with Gasteiger partial charge in [0.2, 0.25) is 23.6 Å². The number of fused-ring (bicyclic) bond motifs is 1. The number of piperidine rings is 1. The van der Waals surface area contributed by atoms with Gasteiger partial charge in [-0.2, -0.15) is 0 Å². The maximum Gasteiger partial charge on any atom is 0.306 e. The summed E-state index contributed by atoms with van der Waals surface area (Å²) >= 11 is 0. The molecule has 0 saturated carbocycles. The van der Waals surface area contributed by atoms with Crippen LogP contribution in [0.3, 0.4) is 0 Å². The van der Waals surface area contributed by atoms with Crippen LogP contribution < -0.4 is 20.9 Å². The number of esters is 1. The summed E-state index contributed by atoms with van der Waals surface area (Å²) in [5.41, 5.74) is 1.84. The predicted molar refractivity (Wildman–Crippen MR) is 192 cm³/mol. The molecule has 2 aliphatic rings. The van der Waals surface area contributed by atoms with Crippen molar-refractivity contribution in [2.75, 3.05) is 29.1 Å². The Balaban J connectivity index is 1.12. The van der Waals surface area contributed by atoms with Crippen molar-refractivity contribution in [3.8, 4) is 0 Å². The number of ether oxygens (including phenoxy) is 1. The molecule has 13 heteroatoms. The molecular formula is C38H49N5O8. The van der Waals surface area contributed by atoms with Gasteiger partial charge in [-0.05, 0) is 89.3 Å². The number of hydrogen-bond donors (Lipinski definition) is 3. The first-order valence-electron chi connectivity index (χ1n) is 17.7. The number of nitrogens with zero attached hydrogens (tertiary/aromatic N) is 2. The van der Waals surface area contributed by atoms with Gasteiger partial charge in [-0.25, -0.2) is 0 Å². The van der Waals surface area contributed by atoms with Crippen LogP contribution in [0.25, 0.3) is 0 Å². The van der Waals surface area contributed by atoms with Crippen molar-refractivity contribution in [3.05, 3.63) is 53.6 Å². The molecule has 0 radical (unpaired) electrons. The lowest BCUT2D eigenvalue weighted by Gasteiger charge is -2.27. The second-order valence-corrected chi connectivity index (χ2v) is 14.0. The molecule has 1 unspecified atom stereocenters. The zero-order valence-electron chi connectivity index (χ0n) is 30.0. The number of benzene rings is 2. The van der Waals surface area contributed by atoms with Gasteiger partial charge in [0, 0.05) is 56.3 Å². The first kappa shape index (κ1) is 38.7. The van der Waals surface area contributed by atoms with Crippen LogP contribution in [0.1, 0.15) is 119 Å². The highest BCUT2D eigenvalue weighted by Gasteiger charge is 2.45. The lowest BCUT2D eigenvalue weighted by Crippen LogP contribution is -2.54. The number of nitrogens with one attached hydrogen (secondary N) is 3. The topological polar surface area (TPSA) is 171 Å². The fraction of sp³-hybridized carbons (Fsp3) is 0.500. The Morgan fingerprint density at radius 1 is 0.863 bits per heavy atom. The van der Waals surface area contributed by atoms with E-state index in [0.29, 0.717) is 49.3 Å². The van der Waals surface area contributed by atoms with Crippen LogP contribution in [0.5, 0.6) is 0 Å². The molecular weight excluding hydrogens is 654 g/mol. The Morgan fingerprint density at radius 2 is 1.53 bits per heavy atom. The first-order chi connectivity index (χ1) is 24.2. The van der Waals surface area contributed by atoms with Gasteiger partial charge in [0.25, 0.3) is 11.8 Å².